The lowest BCUT2D eigenvalue weighted by Gasteiger charge is -2.39. The van der Waals surface area contributed by atoms with Crippen LogP contribution in [0.15, 0.2) is 24.3 Å². The normalized spacial score (nSPS) is 23.9. The molecule has 3 rings (SSSR count). The van der Waals surface area contributed by atoms with Crippen molar-refractivity contribution >= 4 is 17.9 Å². The minimum absolute atomic E-state index is 0.166. The maximum Gasteiger partial charge on any atom is 0.411 e. The number of piperidine rings is 1. The molecule has 1 N–H and O–H groups in total. The number of amides is 2. The summed E-state index contributed by atoms with van der Waals surface area (Å²) in [5, 5.41) is 2.72. The maximum absolute atomic E-state index is 12.5. The molecule has 0 aromatic heterocycles. The van der Waals surface area contributed by atoms with Gasteiger partial charge in [0, 0.05) is 12.1 Å². The highest BCUT2D eigenvalue weighted by molar-refractivity contribution is 5.86. The van der Waals surface area contributed by atoms with E-state index < -0.39 is 11.7 Å². The van der Waals surface area contributed by atoms with Crippen LogP contribution in [-0.2, 0) is 9.47 Å². The van der Waals surface area contributed by atoms with Gasteiger partial charge in [0.05, 0.1) is 19.4 Å². The highest BCUT2D eigenvalue weighted by Gasteiger charge is 2.45. The standard InChI is InChI=1S/C21H30N2O5/c1-21(2,3)28-20(25)23-15-9-10-16(23)12-14(11-15)13-27-19(24)22-17-7-5-6-8-18(17)26-4/h5-8,14-16H,9-13H2,1-4H3,(H,22,24). The first-order valence-corrected chi connectivity index (χ1v) is 9.85. The number of ether oxygens (including phenoxy) is 3. The van der Waals surface area contributed by atoms with Gasteiger partial charge in [0.25, 0.3) is 0 Å². The van der Waals surface area contributed by atoms with E-state index >= 15 is 0 Å². The van der Waals surface area contributed by atoms with Crippen LogP contribution >= 0.6 is 0 Å². The molecular formula is C21H30N2O5. The number of methoxy groups -OCH3 is 1. The molecule has 1 aromatic rings. The van der Waals surface area contributed by atoms with E-state index in [-0.39, 0.29) is 24.1 Å². The van der Waals surface area contributed by atoms with Crippen molar-refractivity contribution in [1.29, 1.82) is 0 Å². The fourth-order valence-corrected chi connectivity index (χ4v) is 4.13. The van der Waals surface area contributed by atoms with Crippen molar-refractivity contribution in [2.24, 2.45) is 5.92 Å². The number of carbonyl (C=O) groups is 2. The van der Waals surface area contributed by atoms with Crippen LogP contribution in [0.4, 0.5) is 15.3 Å². The minimum atomic E-state index is -0.494. The first-order valence-electron chi connectivity index (χ1n) is 9.85. The van der Waals surface area contributed by atoms with Gasteiger partial charge in [0.15, 0.2) is 0 Å². The zero-order valence-corrected chi connectivity index (χ0v) is 17.1. The Balaban J connectivity index is 1.50. The summed E-state index contributed by atoms with van der Waals surface area (Å²) in [4.78, 5) is 26.6. The second kappa shape index (κ2) is 8.29. The molecule has 2 atom stereocenters. The average molecular weight is 390 g/mol. The summed E-state index contributed by atoms with van der Waals surface area (Å²) in [5.74, 6) is 0.836. The van der Waals surface area contributed by atoms with Gasteiger partial charge in [0.2, 0.25) is 0 Å². The topological polar surface area (TPSA) is 77.1 Å². The molecule has 2 amide bonds. The predicted octanol–water partition coefficient (Wildman–Crippen LogP) is 4.42. The molecule has 28 heavy (non-hydrogen) atoms. The smallest absolute Gasteiger partial charge is 0.411 e. The van der Waals surface area contributed by atoms with E-state index in [2.05, 4.69) is 5.32 Å². The summed E-state index contributed by atoms with van der Waals surface area (Å²) >= 11 is 0. The zero-order chi connectivity index (χ0) is 20.3. The van der Waals surface area contributed by atoms with Crippen molar-refractivity contribution in [2.45, 2.75) is 64.1 Å². The van der Waals surface area contributed by atoms with Crippen LogP contribution in [0, 0.1) is 5.92 Å². The molecule has 2 aliphatic rings. The van der Waals surface area contributed by atoms with Crippen molar-refractivity contribution < 1.29 is 23.8 Å². The van der Waals surface area contributed by atoms with E-state index in [4.69, 9.17) is 14.2 Å². The van der Waals surface area contributed by atoms with Gasteiger partial charge < -0.3 is 19.1 Å². The third-order valence-corrected chi connectivity index (χ3v) is 5.23. The van der Waals surface area contributed by atoms with Crippen molar-refractivity contribution in [1.82, 2.24) is 4.90 Å². The maximum atomic E-state index is 12.5. The minimum Gasteiger partial charge on any atom is -0.495 e. The molecule has 0 radical (unpaired) electrons. The lowest BCUT2D eigenvalue weighted by atomic mass is 9.92. The van der Waals surface area contributed by atoms with Gasteiger partial charge in [-0.15, -0.1) is 0 Å². The fraction of sp³-hybridized carbons (Fsp3) is 0.619. The second-order valence-corrected chi connectivity index (χ2v) is 8.53. The van der Waals surface area contributed by atoms with Crippen molar-refractivity contribution in [3.63, 3.8) is 0 Å². The average Bonchev–Trinajstić information content (AvgIpc) is 2.90. The van der Waals surface area contributed by atoms with Gasteiger partial charge in [-0.1, -0.05) is 12.1 Å². The van der Waals surface area contributed by atoms with Gasteiger partial charge in [-0.3, -0.25) is 5.32 Å². The van der Waals surface area contributed by atoms with Crippen LogP contribution in [0.1, 0.15) is 46.5 Å². The first-order chi connectivity index (χ1) is 13.3. The Morgan fingerprint density at radius 3 is 2.39 bits per heavy atom. The number of carbonyl (C=O) groups excluding carboxylic acids is 2. The largest absolute Gasteiger partial charge is 0.495 e. The summed E-state index contributed by atoms with van der Waals surface area (Å²) in [6.07, 6.45) is 2.90. The number of benzene rings is 1. The van der Waals surface area contributed by atoms with E-state index in [0.717, 1.165) is 25.7 Å². The highest BCUT2D eigenvalue weighted by atomic mass is 16.6. The number of fused-ring (bicyclic) bond motifs is 2. The Bertz CT molecular complexity index is 701. The number of hydrogen-bond donors (Lipinski definition) is 1. The lowest BCUT2D eigenvalue weighted by molar-refractivity contribution is -0.00262. The van der Waals surface area contributed by atoms with E-state index in [1.165, 1.54) is 0 Å². The highest BCUT2D eigenvalue weighted by Crippen LogP contribution is 2.39. The van der Waals surface area contributed by atoms with E-state index in [1.54, 1.807) is 19.2 Å². The fourth-order valence-electron chi connectivity index (χ4n) is 4.13. The molecule has 1 aromatic carbocycles. The summed E-state index contributed by atoms with van der Waals surface area (Å²) in [5.41, 5.74) is 0.0855. The predicted molar refractivity (Wildman–Crippen MR) is 106 cm³/mol. The van der Waals surface area contributed by atoms with Gasteiger partial charge in [-0.2, -0.15) is 0 Å². The Morgan fingerprint density at radius 1 is 1.14 bits per heavy atom. The molecule has 0 saturated carbocycles. The van der Waals surface area contributed by atoms with E-state index in [0.29, 0.717) is 18.0 Å². The molecule has 2 aliphatic heterocycles. The number of para-hydroxylation sites is 2. The number of rotatable bonds is 4. The van der Waals surface area contributed by atoms with Crippen molar-refractivity contribution in [2.75, 3.05) is 19.0 Å². The molecule has 2 bridgehead atoms. The van der Waals surface area contributed by atoms with Crippen LogP contribution in [0.3, 0.4) is 0 Å². The second-order valence-electron chi connectivity index (χ2n) is 8.53. The van der Waals surface area contributed by atoms with Gasteiger partial charge in [-0.25, -0.2) is 9.59 Å². The Morgan fingerprint density at radius 2 is 1.79 bits per heavy atom. The van der Waals surface area contributed by atoms with E-state index in [9.17, 15) is 9.59 Å². The Kier molecular flexibility index (Phi) is 6.01. The summed E-state index contributed by atoms with van der Waals surface area (Å²) in [7, 11) is 1.56. The monoisotopic (exact) mass is 390 g/mol. The van der Waals surface area contributed by atoms with Crippen LogP contribution < -0.4 is 10.1 Å². The number of anilines is 1. The van der Waals surface area contributed by atoms with Crippen molar-refractivity contribution in [3.8, 4) is 5.75 Å². The number of hydrogen-bond acceptors (Lipinski definition) is 5. The molecule has 7 heteroatoms. The summed E-state index contributed by atoms with van der Waals surface area (Å²) < 4.78 is 16.2. The van der Waals surface area contributed by atoms with Gasteiger partial charge in [0.1, 0.15) is 11.4 Å². The number of nitrogens with one attached hydrogen (secondary N) is 1. The number of nitrogens with zero attached hydrogens (tertiary/aromatic N) is 1. The molecular weight excluding hydrogens is 360 g/mol. The first kappa shape index (κ1) is 20.3. The van der Waals surface area contributed by atoms with Crippen LogP contribution in [0.25, 0.3) is 0 Å². The molecule has 2 heterocycles. The quantitative estimate of drug-likeness (QED) is 0.823. The molecule has 2 fully saturated rings. The van der Waals surface area contributed by atoms with E-state index in [1.807, 2.05) is 37.8 Å². The molecule has 7 nitrogen and oxygen atoms in total. The Hall–Kier alpha value is -2.44. The molecule has 2 saturated heterocycles. The summed E-state index contributed by atoms with van der Waals surface area (Å²) in [6, 6.07) is 7.53. The Labute approximate surface area is 166 Å². The zero-order valence-electron chi connectivity index (χ0n) is 17.1. The third kappa shape index (κ3) is 4.88. The third-order valence-electron chi connectivity index (χ3n) is 5.23. The lowest BCUT2D eigenvalue weighted by Crippen LogP contribution is -2.49. The molecule has 0 aliphatic carbocycles. The van der Waals surface area contributed by atoms with Crippen LogP contribution in [0.2, 0.25) is 0 Å². The SMILES string of the molecule is COc1ccccc1NC(=O)OCC1CC2CCC(C1)N2C(=O)OC(C)(C)C. The van der Waals surface area contributed by atoms with Crippen LogP contribution in [0.5, 0.6) is 5.75 Å². The molecule has 2 unspecified atom stereocenters. The van der Waals surface area contributed by atoms with Crippen molar-refractivity contribution in [3.05, 3.63) is 24.3 Å². The molecule has 154 valence electrons. The van der Waals surface area contributed by atoms with Crippen LogP contribution in [-0.4, -0.2) is 48.5 Å². The summed E-state index contributed by atoms with van der Waals surface area (Å²) in [6.45, 7) is 5.99. The van der Waals surface area contributed by atoms with Gasteiger partial charge >= 0.3 is 12.2 Å². The van der Waals surface area contributed by atoms with Gasteiger partial charge in [-0.05, 0) is 64.5 Å². The molecule has 0 spiro atoms.